The molecule has 16 heavy (non-hydrogen) atoms. The fraction of sp³-hybridized carbons (Fsp3) is 0.600. The molecule has 88 valence electrons. The summed E-state index contributed by atoms with van der Waals surface area (Å²) in [5, 5.41) is 2.85. The molecule has 0 atom stereocenters. The summed E-state index contributed by atoms with van der Waals surface area (Å²) in [6.07, 6.45) is 0.662. The van der Waals surface area contributed by atoms with Gasteiger partial charge < -0.3 is 15.0 Å². The number of rotatable bonds is 4. The van der Waals surface area contributed by atoms with Gasteiger partial charge in [0.05, 0.1) is 31.0 Å². The number of H-pyrrole nitrogens is 1. The highest BCUT2D eigenvalue weighted by molar-refractivity contribution is 5.19. The predicted molar refractivity (Wildman–Crippen MR) is 55.9 cm³/mol. The Kier molecular flexibility index (Phi) is 3.63. The second kappa shape index (κ2) is 5.18. The predicted octanol–water partition coefficient (Wildman–Crippen LogP) is -0.0983. The molecule has 0 spiro atoms. The molecule has 1 aromatic heterocycles. The summed E-state index contributed by atoms with van der Waals surface area (Å²) in [6, 6.07) is 0. The van der Waals surface area contributed by atoms with Crippen LogP contribution in [0.3, 0.4) is 0 Å². The number of nitrogens with one attached hydrogen (secondary N) is 2. The maximum atomic E-state index is 11.9. The fourth-order valence-corrected chi connectivity index (χ4v) is 1.65. The average molecular weight is 227 g/mol. The Morgan fingerprint density at radius 1 is 1.56 bits per heavy atom. The van der Waals surface area contributed by atoms with Gasteiger partial charge in [-0.2, -0.15) is 0 Å². The van der Waals surface area contributed by atoms with Crippen LogP contribution in [0.25, 0.3) is 0 Å². The SMILES string of the molecule is O=c1[nH]c(CNCCF)nc2c1COCC2. The van der Waals surface area contributed by atoms with Gasteiger partial charge in [-0.15, -0.1) is 0 Å². The summed E-state index contributed by atoms with van der Waals surface area (Å²) < 4.78 is 17.1. The highest BCUT2D eigenvalue weighted by Crippen LogP contribution is 2.09. The lowest BCUT2D eigenvalue weighted by molar-refractivity contribution is 0.108. The van der Waals surface area contributed by atoms with E-state index in [1.165, 1.54) is 0 Å². The van der Waals surface area contributed by atoms with Gasteiger partial charge >= 0.3 is 0 Å². The smallest absolute Gasteiger partial charge is 0.256 e. The number of aromatic nitrogens is 2. The first kappa shape index (κ1) is 11.2. The van der Waals surface area contributed by atoms with E-state index in [0.717, 1.165) is 5.69 Å². The van der Waals surface area contributed by atoms with Gasteiger partial charge in [-0.05, 0) is 0 Å². The minimum atomic E-state index is -0.428. The third-order valence-electron chi connectivity index (χ3n) is 2.44. The summed E-state index contributed by atoms with van der Waals surface area (Å²) >= 11 is 0. The number of alkyl halides is 1. The van der Waals surface area contributed by atoms with E-state index in [9.17, 15) is 9.18 Å². The molecule has 6 heteroatoms. The van der Waals surface area contributed by atoms with E-state index >= 15 is 0 Å². The molecule has 0 saturated carbocycles. The second-order valence-electron chi connectivity index (χ2n) is 3.61. The summed E-state index contributed by atoms with van der Waals surface area (Å²) in [5.74, 6) is 0.555. The zero-order valence-electron chi connectivity index (χ0n) is 8.88. The molecule has 0 amide bonds. The lowest BCUT2D eigenvalue weighted by atomic mass is 10.1. The number of ether oxygens (including phenoxy) is 1. The first-order chi connectivity index (χ1) is 7.81. The van der Waals surface area contributed by atoms with Gasteiger partial charge in [-0.25, -0.2) is 9.37 Å². The number of hydrogen-bond acceptors (Lipinski definition) is 4. The number of nitrogens with zero attached hydrogens (tertiary/aromatic N) is 1. The van der Waals surface area contributed by atoms with Crippen LogP contribution in [0, 0.1) is 0 Å². The van der Waals surface area contributed by atoms with Crippen molar-refractivity contribution in [1.82, 2.24) is 15.3 Å². The van der Waals surface area contributed by atoms with Crippen LogP contribution in [-0.2, 0) is 24.3 Å². The lowest BCUT2D eigenvalue weighted by Crippen LogP contribution is -2.27. The fourth-order valence-electron chi connectivity index (χ4n) is 1.65. The Morgan fingerprint density at radius 3 is 3.25 bits per heavy atom. The van der Waals surface area contributed by atoms with Crippen molar-refractivity contribution in [2.45, 2.75) is 19.6 Å². The lowest BCUT2D eigenvalue weighted by Gasteiger charge is -2.15. The molecule has 0 aromatic carbocycles. The quantitative estimate of drug-likeness (QED) is 0.705. The molecule has 1 aliphatic heterocycles. The first-order valence-corrected chi connectivity index (χ1v) is 5.26. The minimum absolute atomic E-state index is 0.151. The van der Waals surface area contributed by atoms with Gasteiger partial charge in [-0.1, -0.05) is 0 Å². The molecule has 2 heterocycles. The third-order valence-corrected chi connectivity index (χ3v) is 2.44. The van der Waals surface area contributed by atoms with Crippen LogP contribution in [0.5, 0.6) is 0 Å². The van der Waals surface area contributed by atoms with Crippen molar-refractivity contribution in [2.24, 2.45) is 0 Å². The van der Waals surface area contributed by atoms with Crippen LogP contribution >= 0.6 is 0 Å². The van der Waals surface area contributed by atoms with Crippen molar-refractivity contribution < 1.29 is 9.13 Å². The summed E-state index contributed by atoms with van der Waals surface area (Å²) in [5.41, 5.74) is 1.26. The number of aromatic amines is 1. The van der Waals surface area contributed by atoms with Crippen molar-refractivity contribution in [1.29, 1.82) is 0 Å². The molecule has 0 aliphatic carbocycles. The molecule has 1 aliphatic rings. The normalized spacial score (nSPS) is 14.8. The van der Waals surface area contributed by atoms with Crippen LogP contribution in [-0.4, -0.2) is 29.8 Å². The maximum absolute atomic E-state index is 11.9. The summed E-state index contributed by atoms with van der Waals surface area (Å²) in [4.78, 5) is 18.6. The van der Waals surface area contributed by atoms with Crippen LogP contribution in [0.4, 0.5) is 4.39 Å². The van der Waals surface area contributed by atoms with E-state index in [-0.39, 0.29) is 12.1 Å². The van der Waals surface area contributed by atoms with Gasteiger partial charge in [0.15, 0.2) is 0 Å². The van der Waals surface area contributed by atoms with Crippen molar-refractivity contribution in [3.8, 4) is 0 Å². The Labute approximate surface area is 92.0 Å². The third kappa shape index (κ3) is 2.45. The van der Waals surface area contributed by atoms with Crippen molar-refractivity contribution >= 4 is 0 Å². The molecular weight excluding hydrogens is 213 g/mol. The average Bonchev–Trinajstić information content (AvgIpc) is 2.30. The molecule has 2 rings (SSSR count). The molecule has 0 unspecified atom stereocenters. The molecule has 0 fully saturated rings. The van der Waals surface area contributed by atoms with E-state index in [2.05, 4.69) is 15.3 Å². The van der Waals surface area contributed by atoms with Gasteiger partial charge in [0.1, 0.15) is 12.5 Å². The standard InChI is InChI=1S/C10H14FN3O2/c11-2-3-12-5-9-13-8-1-4-16-6-7(8)10(15)14-9/h12H,1-6H2,(H,13,14,15). The zero-order valence-corrected chi connectivity index (χ0v) is 8.88. The van der Waals surface area contributed by atoms with E-state index in [1.54, 1.807) is 0 Å². The second-order valence-corrected chi connectivity index (χ2v) is 3.61. The van der Waals surface area contributed by atoms with Crippen LogP contribution in [0.1, 0.15) is 17.1 Å². The van der Waals surface area contributed by atoms with Gasteiger partial charge in [-0.3, -0.25) is 4.79 Å². The van der Waals surface area contributed by atoms with E-state index in [4.69, 9.17) is 4.74 Å². The molecule has 1 aromatic rings. The van der Waals surface area contributed by atoms with Crippen molar-refractivity contribution in [3.05, 3.63) is 27.4 Å². The van der Waals surface area contributed by atoms with E-state index in [1.807, 2.05) is 0 Å². The highest BCUT2D eigenvalue weighted by Gasteiger charge is 2.15. The largest absolute Gasteiger partial charge is 0.376 e. The molecule has 2 N–H and O–H groups in total. The number of halogens is 1. The Hall–Kier alpha value is -1.27. The first-order valence-electron chi connectivity index (χ1n) is 5.26. The van der Waals surface area contributed by atoms with Gasteiger partial charge in [0.2, 0.25) is 0 Å². The van der Waals surface area contributed by atoms with Crippen molar-refractivity contribution in [3.63, 3.8) is 0 Å². The molecule has 0 radical (unpaired) electrons. The van der Waals surface area contributed by atoms with Crippen LogP contribution in [0.2, 0.25) is 0 Å². The molecule has 5 nitrogen and oxygen atoms in total. The highest BCUT2D eigenvalue weighted by atomic mass is 19.1. The molecular formula is C10H14FN3O2. The van der Waals surface area contributed by atoms with Crippen molar-refractivity contribution in [2.75, 3.05) is 19.8 Å². The zero-order chi connectivity index (χ0) is 11.4. The Balaban J connectivity index is 2.15. The number of fused-ring (bicyclic) bond motifs is 1. The maximum Gasteiger partial charge on any atom is 0.256 e. The van der Waals surface area contributed by atoms with Gasteiger partial charge in [0.25, 0.3) is 5.56 Å². The Morgan fingerprint density at radius 2 is 2.44 bits per heavy atom. The van der Waals surface area contributed by atoms with E-state index in [0.29, 0.717) is 37.6 Å². The topological polar surface area (TPSA) is 67.0 Å². The minimum Gasteiger partial charge on any atom is -0.376 e. The molecule has 0 bridgehead atoms. The van der Waals surface area contributed by atoms with Crippen LogP contribution < -0.4 is 10.9 Å². The van der Waals surface area contributed by atoms with Crippen LogP contribution in [0.15, 0.2) is 4.79 Å². The summed E-state index contributed by atoms with van der Waals surface area (Å²) in [7, 11) is 0. The number of hydrogen-bond donors (Lipinski definition) is 2. The molecule has 0 saturated heterocycles. The summed E-state index contributed by atoms with van der Waals surface area (Å²) in [6.45, 7) is 1.15. The monoisotopic (exact) mass is 227 g/mol. The van der Waals surface area contributed by atoms with E-state index < -0.39 is 6.67 Å². The van der Waals surface area contributed by atoms with Gasteiger partial charge in [0, 0.05) is 13.0 Å². The Bertz CT molecular complexity index is 419.